The maximum absolute atomic E-state index is 13.2. The highest BCUT2D eigenvalue weighted by Gasteiger charge is 2.30. The normalized spacial score (nSPS) is 12.6. The lowest BCUT2D eigenvalue weighted by molar-refractivity contribution is -0.137. The second-order valence-electron chi connectivity index (χ2n) is 9.80. The Labute approximate surface area is 222 Å². The maximum atomic E-state index is 13.2. The minimum absolute atomic E-state index is 0.0620. The van der Waals surface area contributed by atoms with Crippen LogP contribution in [-0.4, -0.2) is 20.4 Å². The zero-order chi connectivity index (χ0) is 27.6. The van der Waals surface area contributed by atoms with Crippen molar-refractivity contribution in [3.05, 3.63) is 105 Å². The number of benzene rings is 3. The first kappa shape index (κ1) is 27.3. The highest BCUT2D eigenvalue weighted by molar-refractivity contribution is 7.89. The highest BCUT2D eigenvalue weighted by atomic mass is 32.2. The lowest BCUT2D eigenvalue weighted by atomic mass is 9.98. The molecule has 1 N–H and O–H groups in total. The van der Waals surface area contributed by atoms with Crippen LogP contribution in [-0.2, 0) is 21.2 Å². The standard InChI is InChI=1S/C30H31NO6S/c1-18(2)27(31-38(34,35)23-13-11-19(3)12-14-23)30(33)36-26-16-15-24-20(4)25(17-22-9-7-6-8-10-22)29(32)37-28(24)21(26)5/h6-16,18,27,31H,17H2,1-5H3/t27-/m0/s1. The molecule has 0 saturated heterocycles. The maximum Gasteiger partial charge on any atom is 0.340 e. The number of rotatable bonds is 8. The minimum atomic E-state index is -3.96. The topological polar surface area (TPSA) is 103 Å². The Bertz CT molecular complexity index is 1640. The van der Waals surface area contributed by atoms with Crippen LogP contribution in [0.2, 0.25) is 0 Å². The Morgan fingerprint density at radius 3 is 2.21 bits per heavy atom. The predicted molar refractivity (Wildman–Crippen MR) is 147 cm³/mol. The van der Waals surface area contributed by atoms with Crippen LogP contribution in [0.15, 0.2) is 80.8 Å². The fourth-order valence-electron chi connectivity index (χ4n) is 4.27. The SMILES string of the molecule is Cc1ccc(S(=O)(=O)N[C@H](C(=O)Oc2ccc3c(C)c(Cc4ccccc4)c(=O)oc3c2C)C(C)C)cc1. The molecule has 1 aromatic heterocycles. The smallest absolute Gasteiger partial charge is 0.340 e. The van der Waals surface area contributed by atoms with E-state index in [0.717, 1.165) is 22.1 Å². The fourth-order valence-corrected chi connectivity index (χ4v) is 5.60. The van der Waals surface area contributed by atoms with E-state index >= 15 is 0 Å². The van der Waals surface area contributed by atoms with Gasteiger partial charge in [0, 0.05) is 22.9 Å². The van der Waals surface area contributed by atoms with Crippen molar-refractivity contribution >= 4 is 27.0 Å². The molecule has 1 atom stereocenters. The first-order valence-corrected chi connectivity index (χ1v) is 13.9. The number of nitrogens with one attached hydrogen (secondary N) is 1. The van der Waals surface area contributed by atoms with E-state index in [4.69, 9.17) is 9.15 Å². The summed E-state index contributed by atoms with van der Waals surface area (Å²) in [5.74, 6) is -0.942. The summed E-state index contributed by atoms with van der Waals surface area (Å²) in [5.41, 5.74) is 3.64. The van der Waals surface area contributed by atoms with Gasteiger partial charge in [-0.05, 0) is 62.1 Å². The summed E-state index contributed by atoms with van der Waals surface area (Å²) >= 11 is 0. The van der Waals surface area contributed by atoms with Gasteiger partial charge in [-0.15, -0.1) is 0 Å². The van der Waals surface area contributed by atoms with Crippen LogP contribution < -0.4 is 15.1 Å². The minimum Gasteiger partial charge on any atom is -0.425 e. The summed E-state index contributed by atoms with van der Waals surface area (Å²) < 4.78 is 39.7. The van der Waals surface area contributed by atoms with Gasteiger partial charge in [0.05, 0.1) is 4.90 Å². The quantitative estimate of drug-likeness (QED) is 0.189. The number of hydrogen-bond donors (Lipinski definition) is 1. The van der Waals surface area contributed by atoms with Crippen molar-refractivity contribution in [2.24, 2.45) is 5.92 Å². The molecular weight excluding hydrogens is 502 g/mol. The van der Waals surface area contributed by atoms with E-state index < -0.39 is 27.7 Å². The number of aryl methyl sites for hydroxylation is 3. The third-order valence-corrected chi connectivity index (χ3v) is 8.08. The van der Waals surface area contributed by atoms with Gasteiger partial charge in [0.25, 0.3) is 0 Å². The van der Waals surface area contributed by atoms with Crippen molar-refractivity contribution < 1.29 is 22.4 Å². The van der Waals surface area contributed by atoms with Gasteiger partial charge in [-0.25, -0.2) is 18.0 Å². The van der Waals surface area contributed by atoms with Gasteiger partial charge in [-0.3, -0.25) is 0 Å². The van der Waals surface area contributed by atoms with Crippen LogP contribution in [0.1, 0.15) is 41.7 Å². The second-order valence-corrected chi connectivity index (χ2v) is 11.5. The Morgan fingerprint density at radius 1 is 0.921 bits per heavy atom. The Morgan fingerprint density at radius 2 is 1.58 bits per heavy atom. The molecule has 0 spiro atoms. The summed E-state index contributed by atoms with van der Waals surface area (Å²) in [7, 11) is -3.96. The number of carbonyl (C=O) groups excluding carboxylic acids is 1. The molecule has 0 radical (unpaired) electrons. The first-order valence-electron chi connectivity index (χ1n) is 12.4. The Hall–Kier alpha value is -3.75. The Kier molecular flexibility index (Phi) is 7.85. The van der Waals surface area contributed by atoms with Gasteiger partial charge in [-0.1, -0.05) is 61.9 Å². The lowest BCUT2D eigenvalue weighted by Crippen LogP contribution is -2.46. The third-order valence-electron chi connectivity index (χ3n) is 6.62. The zero-order valence-corrected chi connectivity index (χ0v) is 22.9. The number of ether oxygens (including phenoxy) is 1. The van der Waals surface area contributed by atoms with Gasteiger partial charge in [-0.2, -0.15) is 4.72 Å². The van der Waals surface area contributed by atoms with E-state index in [1.165, 1.54) is 12.1 Å². The molecule has 0 aliphatic carbocycles. The van der Waals surface area contributed by atoms with E-state index in [2.05, 4.69) is 4.72 Å². The predicted octanol–water partition coefficient (Wildman–Crippen LogP) is 5.22. The second kappa shape index (κ2) is 10.9. The van der Waals surface area contributed by atoms with E-state index in [1.54, 1.807) is 45.0 Å². The molecule has 0 bridgehead atoms. The number of hydrogen-bond acceptors (Lipinski definition) is 6. The molecule has 3 aromatic carbocycles. The van der Waals surface area contributed by atoms with Crippen molar-refractivity contribution in [2.45, 2.75) is 52.0 Å². The van der Waals surface area contributed by atoms with Crippen molar-refractivity contribution in [1.82, 2.24) is 4.72 Å². The number of carbonyl (C=O) groups is 1. The average Bonchev–Trinajstić information content (AvgIpc) is 2.88. The molecule has 0 fully saturated rings. The van der Waals surface area contributed by atoms with Gasteiger partial charge >= 0.3 is 11.6 Å². The summed E-state index contributed by atoms with van der Waals surface area (Å²) in [5, 5.41) is 0.744. The lowest BCUT2D eigenvalue weighted by Gasteiger charge is -2.21. The fraction of sp³-hybridized carbons (Fsp3) is 0.267. The van der Waals surface area contributed by atoms with Crippen LogP contribution in [0.4, 0.5) is 0 Å². The third kappa shape index (κ3) is 5.71. The zero-order valence-electron chi connectivity index (χ0n) is 22.1. The molecule has 0 amide bonds. The van der Waals surface area contributed by atoms with E-state index in [9.17, 15) is 18.0 Å². The van der Waals surface area contributed by atoms with Crippen molar-refractivity contribution in [3.63, 3.8) is 0 Å². The summed E-state index contributed by atoms with van der Waals surface area (Å²) in [6.07, 6.45) is 0.442. The van der Waals surface area contributed by atoms with E-state index in [-0.39, 0.29) is 16.6 Å². The molecule has 198 valence electrons. The highest BCUT2D eigenvalue weighted by Crippen LogP contribution is 2.30. The van der Waals surface area contributed by atoms with Crippen LogP contribution in [0.5, 0.6) is 5.75 Å². The molecule has 0 aliphatic rings. The Balaban J connectivity index is 1.62. The van der Waals surface area contributed by atoms with Crippen molar-refractivity contribution in [2.75, 3.05) is 0 Å². The summed E-state index contributed by atoms with van der Waals surface area (Å²) in [6, 6.07) is 18.3. The molecular formula is C30H31NO6S. The van der Waals surface area contributed by atoms with E-state index in [0.29, 0.717) is 23.1 Å². The van der Waals surface area contributed by atoms with Gasteiger partial charge < -0.3 is 9.15 Å². The average molecular weight is 534 g/mol. The van der Waals surface area contributed by atoms with Crippen LogP contribution in [0.25, 0.3) is 11.0 Å². The molecule has 8 heteroatoms. The molecule has 0 saturated carbocycles. The van der Waals surface area contributed by atoms with Crippen LogP contribution >= 0.6 is 0 Å². The van der Waals surface area contributed by atoms with Crippen molar-refractivity contribution in [1.29, 1.82) is 0 Å². The molecule has 4 aromatic rings. The number of fused-ring (bicyclic) bond motifs is 1. The monoisotopic (exact) mass is 533 g/mol. The van der Waals surface area contributed by atoms with Crippen molar-refractivity contribution in [3.8, 4) is 5.75 Å². The molecule has 1 heterocycles. The summed E-state index contributed by atoms with van der Waals surface area (Å²) in [6.45, 7) is 8.89. The number of esters is 1. The molecule has 7 nitrogen and oxygen atoms in total. The van der Waals surface area contributed by atoms with Gasteiger partial charge in [0.1, 0.15) is 17.4 Å². The molecule has 4 rings (SSSR count). The van der Waals surface area contributed by atoms with Gasteiger partial charge in [0.2, 0.25) is 10.0 Å². The van der Waals surface area contributed by atoms with Crippen LogP contribution in [0, 0.1) is 26.7 Å². The van der Waals surface area contributed by atoms with E-state index in [1.807, 2.05) is 44.2 Å². The number of sulfonamides is 1. The molecule has 38 heavy (non-hydrogen) atoms. The molecule has 0 unspecified atom stereocenters. The van der Waals surface area contributed by atoms with Crippen LogP contribution in [0.3, 0.4) is 0 Å². The summed E-state index contributed by atoms with van der Waals surface area (Å²) in [4.78, 5) is 26.1. The first-order chi connectivity index (χ1) is 18.0. The largest absolute Gasteiger partial charge is 0.425 e. The van der Waals surface area contributed by atoms with Gasteiger partial charge in [0.15, 0.2) is 0 Å². The molecule has 0 aliphatic heterocycles.